The van der Waals surface area contributed by atoms with Crippen molar-refractivity contribution < 1.29 is 19.4 Å². The van der Waals surface area contributed by atoms with Gasteiger partial charge in [-0.05, 0) is 50.8 Å². The summed E-state index contributed by atoms with van der Waals surface area (Å²) in [5.41, 5.74) is 1.12. The summed E-state index contributed by atoms with van der Waals surface area (Å²) < 4.78 is 11.7. The van der Waals surface area contributed by atoms with E-state index < -0.39 is 5.60 Å². The fourth-order valence-corrected chi connectivity index (χ4v) is 3.88. The maximum atomic E-state index is 12.1. The van der Waals surface area contributed by atoms with Gasteiger partial charge in [-0.1, -0.05) is 29.8 Å². The van der Waals surface area contributed by atoms with Crippen molar-refractivity contribution in [2.75, 3.05) is 60.0 Å². The van der Waals surface area contributed by atoms with Crippen LogP contribution < -0.4 is 9.47 Å². The van der Waals surface area contributed by atoms with Crippen molar-refractivity contribution in [1.29, 1.82) is 0 Å². The van der Waals surface area contributed by atoms with E-state index in [1.165, 1.54) is 0 Å². The topological polar surface area (TPSA) is 65.5 Å². The predicted octanol–water partition coefficient (Wildman–Crippen LogP) is 2.41. The fraction of sp³-hybridized carbons (Fsp3) is 0.500. The van der Waals surface area contributed by atoms with Gasteiger partial charge in [0.1, 0.15) is 30.3 Å². The van der Waals surface area contributed by atoms with Crippen LogP contribution in [0.3, 0.4) is 0 Å². The number of hydrogen-bond donors (Lipinski definition) is 1. The first kappa shape index (κ1) is 25.0. The minimum atomic E-state index is -1.16. The quantitative estimate of drug-likeness (QED) is 0.627. The van der Waals surface area contributed by atoms with Gasteiger partial charge >= 0.3 is 0 Å². The molecular formula is C26H37N3O4. The van der Waals surface area contributed by atoms with Crippen molar-refractivity contribution in [3.63, 3.8) is 0 Å². The average Bonchev–Trinajstić information content (AvgIpc) is 2.93. The molecule has 1 fully saturated rings. The molecule has 1 heterocycles. The number of ether oxygens (including phenoxy) is 2. The second-order valence-electron chi connectivity index (χ2n) is 9.27. The van der Waals surface area contributed by atoms with E-state index in [0.29, 0.717) is 38.5 Å². The summed E-state index contributed by atoms with van der Waals surface area (Å²) in [6.07, 6.45) is 0. The number of carbonyl (C=O) groups is 1. The van der Waals surface area contributed by atoms with E-state index in [1.807, 2.05) is 57.4 Å². The van der Waals surface area contributed by atoms with E-state index in [4.69, 9.17) is 9.47 Å². The van der Waals surface area contributed by atoms with Crippen molar-refractivity contribution in [2.24, 2.45) is 0 Å². The number of likely N-dealkylation sites (N-methyl/N-ethyl adjacent to an activating group) is 1. The molecule has 1 saturated heterocycles. The number of β-amino-alcohol motifs (C(OH)–C–C–N with tert-alkyl or cyclic N) is 1. The number of aryl methyl sites for hydroxylation is 1. The highest BCUT2D eigenvalue weighted by atomic mass is 16.5. The van der Waals surface area contributed by atoms with Crippen molar-refractivity contribution in [1.82, 2.24) is 14.7 Å². The van der Waals surface area contributed by atoms with E-state index in [1.54, 1.807) is 11.8 Å². The first-order valence-electron chi connectivity index (χ1n) is 11.5. The summed E-state index contributed by atoms with van der Waals surface area (Å²) in [6, 6.07) is 15.8. The third-order valence-electron chi connectivity index (χ3n) is 5.80. The van der Waals surface area contributed by atoms with E-state index in [2.05, 4.69) is 21.9 Å². The lowest BCUT2D eigenvalue weighted by Gasteiger charge is -2.32. The monoisotopic (exact) mass is 455 g/mol. The van der Waals surface area contributed by atoms with E-state index in [-0.39, 0.29) is 19.1 Å². The summed E-state index contributed by atoms with van der Waals surface area (Å²) in [5, 5.41) is 11.4. The Bertz CT molecular complexity index is 885. The third kappa shape index (κ3) is 8.03. The second-order valence-corrected chi connectivity index (χ2v) is 9.27. The maximum Gasteiger partial charge on any atom is 0.219 e. The van der Waals surface area contributed by atoms with Gasteiger partial charge in [0.2, 0.25) is 5.91 Å². The molecule has 1 atom stereocenters. The molecule has 1 aliphatic heterocycles. The van der Waals surface area contributed by atoms with Gasteiger partial charge < -0.3 is 24.4 Å². The van der Waals surface area contributed by atoms with Crippen LogP contribution in [0.2, 0.25) is 0 Å². The zero-order chi connectivity index (χ0) is 23.8. The first-order chi connectivity index (χ1) is 15.7. The van der Waals surface area contributed by atoms with Crippen LogP contribution in [0, 0.1) is 6.92 Å². The van der Waals surface area contributed by atoms with Crippen LogP contribution in [0.5, 0.6) is 11.5 Å². The third-order valence-corrected chi connectivity index (χ3v) is 5.80. The van der Waals surface area contributed by atoms with Crippen molar-refractivity contribution in [3.05, 3.63) is 59.7 Å². The lowest BCUT2D eigenvalue weighted by molar-refractivity contribution is -0.132. The SMILES string of the molecule is CC(=O)N1CCN(Cc2ccc(OCCN(C)C)cc2)CC(O)(COc2ccc(C)cc2)C1. The van der Waals surface area contributed by atoms with Crippen molar-refractivity contribution in [2.45, 2.75) is 26.0 Å². The van der Waals surface area contributed by atoms with Crippen LogP contribution in [0.15, 0.2) is 48.5 Å². The Kier molecular flexibility index (Phi) is 8.72. The molecule has 0 aliphatic carbocycles. The molecular weight excluding hydrogens is 418 g/mol. The first-order valence-corrected chi connectivity index (χ1v) is 11.5. The summed E-state index contributed by atoms with van der Waals surface area (Å²) >= 11 is 0. The highest BCUT2D eigenvalue weighted by Gasteiger charge is 2.36. The normalized spacial score (nSPS) is 19.4. The summed E-state index contributed by atoms with van der Waals surface area (Å²) in [6.45, 7) is 7.82. The van der Waals surface area contributed by atoms with Gasteiger partial charge in [-0.3, -0.25) is 9.69 Å². The Labute approximate surface area is 197 Å². The number of carbonyl (C=O) groups excluding carboxylic acids is 1. The number of hydrogen-bond acceptors (Lipinski definition) is 6. The molecule has 180 valence electrons. The van der Waals surface area contributed by atoms with Gasteiger partial charge in [0.05, 0.1) is 6.54 Å². The average molecular weight is 456 g/mol. The number of amides is 1. The summed E-state index contributed by atoms with van der Waals surface area (Å²) in [5.74, 6) is 1.52. The Morgan fingerprint density at radius 3 is 2.27 bits per heavy atom. The second kappa shape index (κ2) is 11.5. The minimum Gasteiger partial charge on any atom is -0.492 e. The number of rotatable bonds is 9. The van der Waals surface area contributed by atoms with Gasteiger partial charge in [-0.15, -0.1) is 0 Å². The van der Waals surface area contributed by atoms with Gasteiger partial charge in [0.15, 0.2) is 0 Å². The highest BCUT2D eigenvalue weighted by Crippen LogP contribution is 2.21. The van der Waals surface area contributed by atoms with Crippen LogP contribution >= 0.6 is 0 Å². The molecule has 0 bridgehead atoms. The van der Waals surface area contributed by atoms with E-state index in [9.17, 15) is 9.90 Å². The van der Waals surface area contributed by atoms with Gasteiger partial charge in [-0.25, -0.2) is 0 Å². The predicted molar refractivity (Wildman–Crippen MR) is 130 cm³/mol. The number of nitrogens with zero attached hydrogens (tertiary/aromatic N) is 3. The van der Waals surface area contributed by atoms with E-state index in [0.717, 1.165) is 23.4 Å². The summed E-state index contributed by atoms with van der Waals surface area (Å²) in [4.78, 5) is 18.1. The zero-order valence-corrected chi connectivity index (χ0v) is 20.3. The van der Waals surface area contributed by atoms with Crippen LogP contribution in [-0.4, -0.2) is 91.3 Å². The number of benzene rings is 2. The van der Waals surface area contributed by atoms with Gasteiger partial charge in [-0.2, -0.15) is 0 Å². The molecule has 0 radical (unpaired) electrons. The highest BCUT2D eigenvalue weighted by molar-refractivity contribution is 5.73. The molecule has 1 aliphatic rings. The Morgan fingerprint density at radius 1 is 1.00 bits per heavy atom. The van der Waals surface area contributed by atoms with Crippen LogP contribution in [0.1, 0.15) is 18.1 Å². The minimum absolute atomic E-state index is 0.0372. The molecule has 0 aromatic heterocycles. The zero-order valence-electron chi connectivity index (χ0n) is 20.3. The Hall–Kier alpha value is -2.61. The Balaban J connectivity index is 1.63. The molecule has 0 spiro atoms. The fourth-order valence-electron chi connectivity index (χ4n) is 3.88. The standard InChI is InChI=1S/C26H37N3O4/c1-21-5-9-25(10-6-21)33-20-26(31)18-28(13-14-29(19-26)22(2)30)17-23-7-11-24(12-8-23)32-16-15-27(3)4/h5-12,31H,13-20H2,1-4H3. The largest absolute Gasteiger partial charge is 0.492 e. The van der Waals surface area contributed by atoms with Crippen LogP contribution in [0.4, 0.5) is 0 Å². The molecule has 0 saturated carbocycles. The summed E-state index contributed by atoms with van der Waals surface area (Å²) in [7, 11) is 4.04. The van der Waals surface area contributed by atoms with Crippen LogP contribution in [-0.2, 0) is 11.3 Å². The number of aliphatic hydroxyl groups is 1. The van der Waals surface area contributed by atoms with Gasteiger partial charge in [0, 0.05) is 39.6 Å². The van der Waals surface area contributed by atoms with E-state index >= 15 is 0 Å². The Morgan fingerprint density at radius 2 is 1.64 bits per heavy atom. The molecule has 7 heteroatoms. The molecule has 1 unspecified atom stereocenters. The van der Waals surface area contributed by atoms with Crippen LogP contribution in [0.25, 0.3) is 0 Å². The molecule has 7 nitrogen and oxygen atoms in total. The molecule has 3 rings (SSSR count). The van der Waals surface area contributed by atoms with Crippen molar-refractivity contribution >= 4 is 5.91 Å². The molecule has 1 N–H and O–H groups in total. The van der Waals surface area contributed by atoms with Crippen molar-refractivity contribution in [3.8, 4) is 11.5 Å². The lowest BCUT2D eigenvalue weighted by atomic mass is 10.0. The molecule has 1 amide bonds. The maximum absolute atomic E-state index is 12.1. The molecule has 2 aromatic carbocycles. The van der Waals surface area contributed by atoms with Gasteiger partial charge in [0.25, 0.3) is 0 Å². The molecule has 33 heavy (non-hydrogen) atoms. The lowest BCUT2D eigenvalue weighted by Crippen LogP contribution is -2.51. The smallest absolute Gasteiger partial charge is 0.219 e. The molecule has 2 aromatic rings.